The Labute approximate surface area is 339 Å². The molecule has 0 radical (unpaired) electrons. The zero-order chi connectivity index (χ0) is 41.2. The van der Waals surface area contributed by atoms with Gasteiger partial charge < -0.3 is 38.9 Å². The van der Waals surface area contributed by atoms with Crippen LogP contribution in [0.3, 0.4) is 0 Å². The van der Waals surface area contributed by atoms with Gasteiger partial charge in [0.2, 0.25) is 5.79 Å². The van der Waals surface area contributed by atoms with Crippen LogP contribution in [-0.4, -0.2) is 82.6 Å². The number of unbranched alkanes of at least 4 members (excludes halogenated alkanes) is 2. The zero-order valence-electron chi connectivity index (χ0n) is 33.5. The van der Waals surface area contributed by atoms with E-state index >= 15 is 0 Å². The van der Waals surface area contributed by atoms with Gasteiger partial charge >= 0.3 is 6.09 Å². The van der Waals surface area contributed by atoms with Gasteiger partial charge in [-0.15, -0.1) is 6.58 Å². The zero-order valence-corrected chi connectivity index (χ0v) is 33.5. The number of hydrogen-bond donors (Lipinski definition) is 2. The number of aryl methyl sites for hydroxylation is 1. The molecule has 1 fully saturated rings. The SMILES string of the molecule is C=CCOC12Oc3ccc(OCc4cccc(C)n4)cc3C3C(CCCCO)C(CCCCO)C=C(C(=NOCc4ccc([N+](=O)[O-])cc4)CC1N(C)C(=O)OC)C32. The molecule has 14 nitrogen and oxygen atoms in total. The minimum absolute atomic E-state index is 0.0240. The third-order valence-corrected chi connectivity index (χ3v) is 11.5. The maximum atomic E-state index is 13.4. The normalized spacial score (nSPS) is 23.8. The molecule has 3 aliphatic rings. The van der Waals surface area contributed by atoms with Crippen LogP contribution in [0.2, 0.25) is 0 Å². The number of aliphatic hydroxyl groups is 2. The number of benzene rings is 2. The van der Waals surface area contributed by atoms with Crippen molar-refractivity contribution in [2.24, 2.45) is 22.9 Å². The minimum Gasteiger partial charge on any atom is -0.487 e. The van der Waals surface area contributed by atoms with E-state index in [9.17, 15) is 25.1 Å². The van der Waals surface area contributed by atoms with E-state index < -0.39 is 28.8 Å². The van der Waals surface area contributed by atoms with Crippen molar-refractivity contribution in [3.05, 3.63) is 118 Å². The fraction of sp³-hybridized carbons (Fsp3) is 0.477. The van der Waals surface area contributed by atoms with Gasteiger partial charge in [0.05, 0.1) is 36.0 Å². The van der Waals surface area contributed by atoms with Gasteiger partial charge in [0.1, 0.15) is 30.8 Å². The molecule has 1 saturated carbocycles. The number of hydrogen-bond acceptors (Lipinski definition) is 12. The van der Waals surface area contributed by atoms with Gasteiger partial charge in [-0.2, -0.15) is 0 Å². The molecule has 58 heavy (non-hydrogen) atoms. The Morgan fingerprint density at radius 1 is 1.09 bits per heavy atom. The number of fused-ring (bicyclic) bond motifs is 2. The van der Waals surface area contributed by atoms with Crippen LogP contribution in [0, 0.1) is 34.8 Å². The van der Waals surface area contributed by atoms with Gasteiger partial charge in [0.25, 0.3) is 5.69 Å². The lowest BCUT2D eigenvalue weighted by Crippen LogP contribution is -2.69. The molecule has 2 heterocycles. The van der Waals surface area contributed by atoms with Gasteiger partial charge in [-0.25, -0.2) is 4.79 Å². The van der Waals surface area contributed by atoms with Crippen LogP contribution >= 0.6 is 0 Å². The summed E-state index contributed by atoms with van der Waals surface area (Å²) in [7, 11) is 2.98. The molecule has 1 amide bonds. The van der Waals surface area contributed by atoms with Crippen LogP contribution in [0.15, 0.2) is 90.1 Å². The van der Waals surface area contributed by atoms with Crippen molar-refractivity contribution in [3.8, 4) is 11.5 Å². The van der Waals surface area contributed by atoms with Crippen LogP contribution in [0.1, 0.15) is 73.4 Å². The maximum absolute atomic E-state index is 13.4. The molecule has 0 spiro atoms. The molecule has 310 valence electrons. The van der Waals surface area contributed by atoms with Gasteiger partial charge in [0.15, 0.2) is 0 Å². The third kappa shape index (κ3) is 9.19. The molecular weight excluding hydrogens is 745 g/mol. The molecule has 0 saturated heterocycles. The number of aromatic nitrogens is 1. The van der Waals surface area contributed by atoms with Crippen molar-refractivity contribution in [2.75, 3.05) is 34.0 Å². The number of aliphatic hydroxyl groups excluding tert-OH is 2. The molecule has 3 aromatic rings. The first-order chi connectivity index (χ1) is 28.1. The number of nitro groups is 1. The van der Waals surface area contributed by atoms with Crippen LogP contribution in [0.25, 0.3) is 0 Å². The number of amides is 1. The van der Waals surface area contributed by atoms with Crippen molar-refractivity contribution in [1.82, 2.24) is 9.88 Å². The number of nitro benzene ring substituents is 1. The van der Waals surface area contributed by atoms with Crippen LogP contribution in [0.4, 0.5) is 10.5 Å². The predicted molar refractivity (Wildman–Crippen MR) is 216 cm³/mol. The van der Waals surface area contributed by atoms with E-state index in [0.717, 1.165) is 48.2 Å². The minimum atomic E-state index is -1.42. The Kier molecular flexibility index (Phi) is 14.2. The molecule has 2 N–H and O–H groups in total. The lowest BCUT2D eigenvalue weighted by Gasteiger charge is -2.59. The molecule has 2 aromatic carbocycles. The van der Waals surface area contributed by atoms with Crippen molar-refractivity contribution >= 4 is 17.5 Å². The number of ether oxygens (including phenoxy) is 4. The highest BCUT2D eigenvalue weighted by molar-refractivity contribution is 6.02. The van der Waals surface area contributed by atoms with Crippen molar-refractivity contribution in [1.29, 1.82) is 0 Å². The summed E-state index contributed by atoms with van der Waals surface area (Å²) < 4.78 is 25.6. The van der Waals surface area contributed by atoms with Gasteiger partial charge in [-0.1, -0.05) is 36.2 Å². The number of oxime groups is 1. The fourth-order valence-corrected chi connectivity index (χ4v) is 8.82. The van der Waals surface area contributed by atoms with E-state index in [2.05, 4.69) is 17.6 Å². The molecule has 6 unspecified atom stereocenters. The van der Waals surface area contributed by atoms with Crippen LogP contribution in [0.5, 0.6) is 11.5 Å². The van der Waals surface area contributed by atoms with Crippen LogP contribution in [-0.2, 0) is 27.5 Å². The topological polar surface area (TPSA) is 175 Å². The van der Waals surface area contributed by atoms with E-state index in [0.29, 0.717) is 35.6 Å². The molecule has 1 aliphatic heterocycles. The predicted octanol–water partition coefficient (Wildman–Crippen LogP) is 7.41. The number of pyridine rings is 1. The summed E-state index contributed by atoms with van der Waals surface area (Å²) in [5.74, 6) is -0.836. The van der Waals surface area contributed by atoms with Crippen molar-refractivity contribution in [2.45, 2.75) is 82.8 Å². The number of non-ortho nitro benzene ring substituents is 1. The van der Waals surface area contributed by atoms with Gasteiger partial charge in [-0.05, 0) is 98.0 Å². The Balaban J connectivity index is 1.51. The fourth-order valence-electron chi connectivity index (χ4n) is 8.82. The summed E-state index contributed by atoms with van der Waals surface area (Å²) in [6, 6.07) is 17.0. The highest BCUT2D eigenvalue weighted by Crippen LogP contribution is 2.61. The highest BCUT2D eigenvalue weighted by Gasteiger charge is 2.65. The highest BCUT2D eigenvalue weighted by atomic mass is 16.7. The second kappa shape index (κ2) is 19.4. The Hall–Kier alpha value is -5.31. The quantitative estimate of drug-likeness (QED) is 0.0535. The molecule has 6 rings (SSSR count). The van der Waals surface area contributed by atoms with E-state index in [1.165, 1.54) is 24.1 Å². The number of rotatable bonds is 19. The van der Waals surface area contributed by atoms with Crippen molar-refractivity contribution < 1.29 is 43.7 Å². The van der Waals surface area contributed by atoms with Crippen molar-refractivity contribution in [3.63, 3.8) is 0 Å². The Morgan fingerprint density at radius 3 is 2.53 bits per heavy atom. The first-order valence-corrected chi connectivity index (χ1v) is 19.9. The number of likely N-dealkylation sites (N-methyl/N-ethyl adjacent to an activating group) is 1. The molecule has 6 atom stereocenters. The Bertz CT molecular complexity index is 1970. The smallest absolute Gasteiger partial charge is 0.409 e. The monoisotopic (exact) mass is 798 g/mol. The second-order valence-corrected chi connectivity index (χ2v) is 15.1. The summed E-state index contributed by atoms with van der Waals surface area (Å²) in [6.07, 6.45) is 7.97. The lowest BCUT2D eigenvalue weighted by molar-refractivity contribution is -0.384. The summed E-state index contributed by atoms with van der Waals surface area (Å²) >= 11 is 0. The molecule has 14 heteroatoms. The van der Waals surface area contributed by atoms with Gasteiger partial charge in [0, 0.05) is 56.0 Å². The lowest BCUT2D eigenvalue weighted by atomic mass is 9.55. The summed E-state index contributed by atoms with van der Waals surface area (Å²) in [4.78, 5) is 36.4. The summed E-state index contributed by atoms with van der Waals surface area (Å²) in [6.45, 7) is 6.50. The maximum Gasteiger partial charge on any atom is 0.409 e. The third-order valence-electron chi connectivity index (χ3n) is 11.5. The van der Waals surface area contributed by atoms with E-state index in [-0.39, 0.29) is 62.9 Å². The molecule has 1 aromatic heterocycles. The summed E-state index contributed by atoms with van der Waals surface area (Å²) in [5.41, 5.74) is 4.79. The average molecular weight is 799 g/mol. The second-order valence-electron chi connectivity index (χ2n) is 15.1. The number of carbonyl (C=O) groups is 1. The van der Waals surface area contributed by atoms with E-state index in [1.54, 1.807) is 25.3 Å². The Morgan fingerprint density at radius 2 is 1.84 bits per heavy atom. The number of nitrogens with zero attached hydrogens (tertiary/aromatic N) is 4. The van der Waals surface area contributed by atoms with E-state index in [4.69, 9.17) is 28.9 Å². The first-order valence-electron chi connectivity index (χ1n) is 19.9. The number of methoxy groups -OCH3 is 1. The number of allylic oxidation sites excluding steroid dienone is 1. The standard InChI is InChI=1S/C44H54N4O10/c1-5-23-56-44-40(47(3)43(51)54-4)26-38(46-57-27-30-15-17-33(18-16-30)48(52)53)36-24-31(12-6-8-21-49)35(14-7-9-22-50)41(42(36)44)37-25-34(19-20-39(37)58-44)55-28-32-13-10-11-29(2)45-32/h5,10-11,13,15-20,24-25,31,35,40-42,49-50H,1,6-9,12,14,21-23,26-28H2,2-4H3. The summed E-state index contributed by atoms with van der Waals surface area (Å²) in [5, 5.41) is 35.7. The van der Waals surface area contributed by atoms with Gasteiger partial charge in [-0.3, -0.25) is 15.1 Å². The largest absolute Gasteiger partial charge is 0.487 e. The van der Waals surface area contributed by atoms with E-state index in [1.807, 2.05) is 43.3 Å². The average Bonchev–Trinajstić information content (AvgIpc) is 3.23. The first kappa shape index (κ1) is 42.3. The molecule has 0 bridgehead atoms. The van der Waals surface area contributed by atoms with Crippen LogP contribution < -0.4 is 9.47 Å². The molecule has 2 aliphatic carbocycles. The number of carbonyl (C=O) groups excluding carboxylic acids is 1. The molecular formula is C44H54N4O10.